The Hall–Kier alpha value is -1.10. The zero-order valence-corrected chi connectivity index (χ0v) is 12.4. The van der Waals surface area contributed by atoms with Crippen LogP contribution in [0, 0.1) is 12.8 Å². The molecular weight excluding hydrogens is 254 g/mol. The summed E-state index contributed by atoms with van der Waals surface area (Å²) in [6.45, 7) is 5.26. The van der Waals surface area contributed by atoms with Crippen molar-refractivity contribution in [2.75, 3.05) is 33.4 Å². The second-order valence-corrected chi connectivity index (χ2v) is 5.48. The van der Waals surface area contributed by atoms with Gasteiger partial charge in [0.2, 0.25) is 0 Å². The highest BCUT2D eigenvalue weighted by Gasteiger charge is 2.16. The van der Waals surface area contributed by atoms with Crippen LogP contribution in [0.5, 0.6) is 5.75 Å². The Balaban J connectivity index is 1.78. The number of aliphatic hydroxyl groups excluding tert-OH is 1. The maximum Gasteiger partial charge on any atom is 0.124 e. The summed E-state index contributed by atoms with van der Waals surface area (Å²) in [7, 11) is 1.63. The summed E-state index contributed by atoms with van der Waals surface area (Å²) in [5, 5.41) is 13.6. The molecule has 0 aromatic heterocycles. The number of hydrogen-bond acceptors (Lipinski definition) is 4. The van der Waals surface area contributed by atoms with Gasteiger partial charge in [-0.25, -0.2) is 0 Å². The summed E-state index contributed by atoms with van der Waals surface area (Å²) < 4.78 is 10.7. The van der Waals surface area contributed by atoms with Crippen molar-refractivity contribution in [1.29, 1.82) is 0 Å². The van der Waals surface area contributed by atoms with Crippen LogP contribution in [0.15, 0.2) is 18.2 Å². The van der Waals surface area contributed by atoms with Crippen molar-refractivity contribution in [1.82, 2.24) is 5.32 Å². The second-order valence-electron chi connectivity index (χ2n) is 5.48. The van der Waals surface area contributed by atoms with Crippen molar-refractivity contribution < 1.29 is 14.6 Å². The highest BCUT2D eigenvalue weighted by Crippen LogP contribution is 2.25. The molecule has 1 saturated heterocycles. The van der Waals surface area contributed by atoms with Gasteiger partial charge < -0.3 is 19.9 Å². The Kier molecular flexibility index (Phi) is 5.83. The lowest BCUT2D eigenvalue weighted by molar-refractivity contribution is 0.167. The summed E-state index contributed by atoms with van der Waals surface area (Å²) >= 11 is 0. The standard InChI is InChI=1S/C16H25NO3/c1-12-3-4-16(19-2)14(9-12)15(18)10-17-7-5-13-6-8-20-11-13/h3-4,9,13,15,17-18H,5-8,10-11H2,1-2H3. The van der Waals surface area contributed by atoms with Crippen molar-refractivity contribution in [3.8, 4) is 5.75 Å². The Bertz CT molecular complexity index is 416. The van der Waals surface area contributed by atoms with Gasteiger partial charge in [-0.1, -0.05) is 11.6 Å². The molecule has 2 unspecified atom stereocenters. The maximum absolute atomic E-state index is 10.3. The molecule has 4 heteroatoms. The van der Waals surface area contributed by atoms with E-state index in [1.165, 1.54) is 0 Å². The van der Waals surface area contributed by atoms with E-state index in [1.807, 2.05) is 25.1 Å². The molecule has 112 valence electrons. The molecule has 20 heavy (non-hydrogen) atoms. The topological polar surface area (TPSA) is 50.7 Å². The van der Waals surface area contributed by atoms with Crippen molar-refractivity contribution in [2.24, 2.45) is 5.92 Å². The minimum Gasteiger partial charge on any atom is -0.496 e. The van der Waals surface area contributed by atoms with E-state index in [0.29, 0.717) is 12.5 Å². The van der Waals surface area contributed by atoms with Gasteiger partial charge in [-0.3, -0.25) is 0 Å². The van der Waals surface area contributed by atoms with Crippen LogP contribution in [-0.2, 0) is 4.74 Å². The fraction of sp³-hybridized carbons (Fsp3) is 0.625. The van der Waals surface area contributed by atoms with Crippen molar-refractivity contribution in [3.63, 3.8) is 0 Å². The van der Waals surface area contributed by atoms with Gasteiger partial charge in [0.15, 0.2) is 0 Å². The molecule has 0 radical (unpaired) electrons. The van der Waals surface area contributed by atoms with Crippen LogP contribution < -0.4 is 10.1 Å². The summed E-state index contributed by atoms with van der Waals surface area (Å²) in [5.41, 5.74) is 1.98. The van der Waals surface area contributed by atoms with E-state index in [0.717, 1.165) is 49.5 Å². The van der Waals surface area contributed by atoms with E-state index in [2.05, 4.69) is 5.32 Å². The van der Waals surface area contributed by atoms with Crippen molar-refractivity contribution in [3.05, 3.63) is 29.3 Å². The summed E-state index contributed by atoms with van der Waals surface area (Å²) in [5.74, 6) is 1.42. The first kappa shape index (κ1) is 15.3. The molecule has 1 aliphatic heterocycles. The van der Waals surface area contributed by atoms with Gasteiger partial charge >= 0.3 is 0 Å². The smallest absolute Gasteiger partial charge is 0.124 e. The normalized spacial score (nSPS) is 20.1. The van der Waals surface area contributed by atoms with Crippen LogP contribution in [0.3, 0.4) is 0 Å². The van der Waals surface area contributed by atoms with E-state index < -0.39 is 6.10 Å². The maximum atomic E-state index is 10.3. The van der Waals surface area contributed by atoms with Gasteiger partial charge in [0.05, 0.1) is 13.2 Å². The number of rotatable bonds is 7. The van der Waals surface area contributed by atoms with Crippen molar-refractivity contribution >= 4 is 0 Å². The summed E-state index contributed by atoms with van der Waals surface area (Å²) in [4.78, 5) is 0. The van der Waals surface area contributed by atoms with Gasteiger partial charge in [0.1, 0.15) is 5.75 Å². The van der Waals surface area contributed by atoms with Gasteiger partial charge in [0, 0.05) is 25.3 Å². The summed E-state index contributed by atoms with van der Waals surface area (Å²) in [6, 6.07) is 5.88. The quantitative estimate of drug-likeness (QED) is 0.750. The lowest BCUT2D eigenvalue weighted by Gasteiger charge is -2.17. The van der Waals surface area contributed by atoms with Crippen molar-refractivity contribution in [2.45, 2.75) is 25.9 Å². The van der Waals surface area contributed by atoms with Crippen LogP contribution >= 0.6 is 0 Å². The first-order valence-electron chi connectivity index (χ1n) is 7.31. The van der Waals surface area contributed by atoms with E-state index in [9.17, 15) is 5.11 Å². The van der Waals surface area contributed by atoms with Crippen LogP contribution in [-0.4, -0.2) is 38.5 Å². The SMILES string of the molecule is COc1ccc(C)cc1C(O)CNCCC1CCOC1. The molecule has 1 aliphatic rings. The molecule has 2 rings (SSSR count). The molecule has 0 saturated carbocycles. The van der Waals surface area contributed by atoms with Gasteiger partial charge in [0.25, 0.3) is 0 Å². The Morgan fingerprint density at radius 2 is 2.35 bits per heavy atom. The van der Waals surface area contributed by atoms with E-state index in [1.54, 1.807) is 7.11 Å². The third kappa shape index (κ3) is 4.20. The monoisotopic (exact) mass is 279 g/mol. The Morgan fingerprint density at radius 3 is 3.05 bits per heavy atom. The minimum atomic E-state index is -0.537. The molecule has 4 nitrogen and oxygen atoms in total. The molecule has 1 aromatic rings. The average Bonchev–Trinajstić information content (AvgIpc) is 2.96. The highest BCUT2D eigenvalue weighted by molar-refractivity contribution is 5.38. The van der Waals surface area contributed by atoms with E-state index in [-0.39, 0.29) is 0 Å². The number of benzene rings is 1. The van der Waals surface area contributed by atoms with Crippen LogP contribution in [0.25, 0.3) is 0 Å². The molecule has 1 fully saturated rings. The third-order valence-corrected chi connectivity index (χ3v) is 3.84. The average molecular weight is 279 g/mol. The fourth-order valence-electron chi connectivity index (χ4n) is 2.58. The predicted molar refractivity (Wildman–Crippen MR) is 79.1 cm³/mol. The highest BCUT2D eigenvalue weighted by atomic mass is 16.5. The largest absolute Gasteiger partial charge is 0.496 e. The summed E-state index contributed by atoms with van der Waals surface area (Å²) in [6.07, 6.45) is 1.73. The van der Waals surface area contributed by atoms with Gasteiger partial charge in [-0.05, 0) is 44.4 Å². The fourth-order valence-corrected chi connectivity index (χ4v) is 2.58. The molecular formula is C16H25NO3. The van der Waals surface area contributed by atoms with Crippen LogP contribution in [0.2, 0.25) is 0 Å². The lowest BCUT2D eigenvalue weighted by Crippen LogP contribution is -2.24. The molecule has 0 bridgehead atoms. The number of ether oxygens (including phenoxy) is 2. The minimum absolute atomic E-state index is 0.537. The van der Waals surface area contributed by atoms with E-state index in [4.69, 9.17) is 9.47 Å². The zero-order chi connectivity index (χ0) is 14.4. The number of aliphatic hydroxyl groups is 1. The molecule has 1 aromatic carbocycles. The molecule has 0 amide bonds. The molecule has 0 aliphatic carbocycles. The molecule has 2 atom stereocenters. The number of aryl methyl sites for hydroxylation is 1. The lowest BCUT2D eigenvalue weighted by atomic mass is 10.0. The van der Waals surface area contributed by atoms with Gasteiger partial charge in [-0.15, -0.1) is 0 Å². The van der Waals surface area contributed by atoms with E-state index >= 15 is 0 Å². The predicted octanol–water partition coefficient (Wildman–Crippen LogP) is 2.05. The Labute approximate surface area is 121 Å². The van der Waals surface area contributed by atoms with Crippen LogP contribution in [0.1, 0.15) is 30.1 Å². The Morgan fingerprint density at radius 1 is 1.50 bits per heavy atom. The molecule has 2 N–H and O–H groups in total. The number of hydrogen-bond donors (Lipinski definition) is 2. The van der Waals surface area contributed by atoms with Crippen LogP contribution in [0.4, 0.5) is 0 Å². The first-order valence-corrected chi connectivity index (χ1v) is 7.31. The first-order chi connectivity index (χ1) is 9.70. The number of methoxy groups -OCH3 is 1. The third-order valence-electron chi connectivity index (χ3n) is 3.84. The van der Waals surface area contributed by atoms with Gasteiger partial charge in [-0.2, -0.15) is 0 Å². The number of nitrogens with one attached hydrogen (secondary N) is 1. The molecule has 1 heterocycles. The zero-order valence-electron chi connectivity index (χ0n) is 12.4. The second kappa shape index (κ2) is 7.62. The molecule has 0 spiro atoms.